The van der Waals surface area contributed by atoms with E-state index in [1.54, 1.807) is 0 Å². The van der Waals surface area contributed by atoms with E-state index in [2.05, 4.69) is 270 Å². The Labute approximate surface area is 527 Å². The molecule has 0 bridgehead atoms. The number of nitrogens with zero attached hydrogens (tertiary/aromatic N) is 3. The number of aliphatic hydroxyl groups excluding tert-OH is 2. The van der Waals surface area contributed by atoms with Crippen LogP contribution in [0.4, 0.5) is 0 Å². The molecule has 3 fully saturated rings. The third-order valence-electron chi connectivity index (χ3n) is 17.9. The first-order valence-corrected chi connectivity index (χ1v) is 29.6. The molecule has 0 aromatic heterocycles. The van der Waals surface area contributed by atoms with E-state index in [0.29, 0.717) is 6.04 Å². The van der Waals surface area contributed by atoms with Crippen molar-refractivity contribution in [2.45, 2.75) is 79.8 Å². The summed E-state index contributed by atoms with van der Waals surface area (Å²) in [5, 5.41) is 17.2. The van der Waals surface area contributed by atoms with Crippen LogP contribution in [0, 0.1) is 0 Å². The zero-order valence-electron chi connectivity index (χ0n) is 50.7. The van der Waals surface area contributed by atoms with Crippen LogP contribution >= 0.6 is 0 Å². The van der Waals surface area contributed by atoms with E-state index < -0.39 is 0 Å². The fourth-order valence-electron chi connectivity index (χ4n) is 13.0. The van der Waals surface area contributed by atoms with Crippen molar-refractivity contribution in [2.75, 3.05) is 53.0 Å². The molecule has 3 aliphatic rings. The molecule has 3 radical (unpaired) electrons. The predicted molar refractivity (Wildman–Crippen MR) is 345 cm³/mol. The molecule has 0 amide bonds. The van der Waals surface area contributed by atoms with E-state index in [1.165, 1.54) is 63.6 Å². The van der Waals surface area contributed by atoms with Gasteiger partial charge >= 0.3 is 29.6 Å². The summed E-state index contributed by atoms with van der Waals surface area (Å²) in [7, 11) is 1.00. The Morgan fingerprint density at radius 2 is 0.595 bits per heavy atom. The Balaban J connectivity index is 0.000000198. The van der Waals surface area contributed by atoms with Gasteiger partial charge in [-0.2, -0.15) is 0 Å². The SMILES string of the molecule is CC1(c2ccccc2)CCN(C(c2ccccc2)c2ccccc2)CC1.CO.O=CC1(c2ccccc2)CCN(C(c2ccccc2)c2ccccc2)CC1.OCC1(c2ccccc2)CCN(C(c2ccccc2)c2ccccc2)CC1.[B].[H-].[Na+]. The van der Waals surface area contributed by atoms with Gasteiger partial charge in [-0.15, -0.1) is 0 Å². The minimum atomic E-state index is -0.352. The zero-order chi connectivity index (χ0) is 56.9. The van der Waals surface area contributed by atoms with Gasteiger partial charge in [0.05, 0.1) is 30.1 Å². The molecule has 0 unspecified atom stereocenters. The number of piperidine rings is 3. The molecule has 84 heavy (non-hydrogen) atoms. The molecule has 9 aromatic carbocycles. The van der Waals surface area contributed by atoms with Gasteiger partial charge in [0.2, 0.25) is 0 Å². The van der Waals surface area contributed by atoms with Crippen LogP contribution in [-0.2, 0) is 21.0 Å². The molecule has 0 atom stereocenters. The standard InChI is InChI=1S/C25H27NO.C25H25NO.C25H27N.CH4O.B.Na.H/c2*27-20-25(23-14-8-3-9-15-23)16-18-26(19-17-25)24(21-10-4-1-5-11-21)22-12-6-2-7-13-22;1-25(23-15-9-4-10-16-23)17-19-26(20-18-25)24(21-11-5-2-6-12-21)22-13-7-3-8-14-22;1-2;;;/h1-15,24,27H,16-20H2;1-15,20,24H,16-19H2;2-16,24H,17-20H2,1H3;2H,1H3;;;/q;;;;;+1;-1. The summed E-state index contributed by atoms with van der Waals surface area (Å²) in [5.41, 5.74) is 11.8. The van der Waals surface area contributed by atoms with Crippen molar-refractivity contribution in [1.29, 1.82) is 0 Å². The maximum Gasteiger partial charge on any atom is 1.00 e. The Morgan fingerprint density at radius 3 is 0.857 bits per heavy atom. The Bertz CT molecular complexity index is 3090. The van der Waals surface area contributed by atoms with Crippen LogP contribution in [0.25, 0.3) is 0 Å². The molecule has 3 heterocycles. The zero-order valence-corrected chi connectivity index (χ0v) is 51.7. The molecule has 9 aromatic rings. The van der Waals surface area contributed by atoms with E-state index in [0.717, 1.165) is 77.6 Å². The van der Waals surface area contributed by atoms with E-state index in [-0.39, 0.29) is 74.3 Å². The molecule has 0 spiro atoms. The van der Waals surface area contributed by atoms with Crippen LogP contribution in [0.5, 0.6) is 0 Å². The molecule has 0 saturated carbocycles. The monoisotopic (exact) mass is 1120 g/mol. The average molecular weight is 1120 g/mol. The van der Waals surface area contributed by atoms with E-state index >= 15 is 0 Å². The van der Waals surface area contributed by atoms with Crippen LogP contribution < -0.4 is 29.6 Å². The third-order valence-corrected chi connectivity index (χ3v) is 17.9. The molecule has 3 aliphatic heterocycles. The summed E-state index contributed by atoms with van der Waals surface area (Å²) in [5.74, 6) is 0. The van der Waals surface area contributed by atoms with Crippen molar-refractivity contribution in [2.24, 2.45) is 0 Å². The predicted octanol–water partition coefficient (Wildman–Crippen LogP) is 12.0. The molecular weight excluding hydrogens is 1040 g/mol. The second kappa shape index (κ2) is 32.7. The summed E-state index contributed by atoms with van der Waals surface area (Å²) < 4.78 is 0. The van der Waals surface area contributed by atoms with Gasteiger partial charge in [0.1, 0.15) is 6.29 Å². The molecule has 0 aliphatic carbocycles. The number of carbonyl (C=O) groups excluding carboxylic acids is 1. The average Bonchev–Trinajstić information content (AvgIpc) is 2.40. The first-order valence-electron chi connectivity index (χ1n) is 29.6. The molecular formula is C76H84BN3NaO3. The van der Waals surface area contributed by atoms with Crippen LogP contribution in [-0.4, -0.2) is 92.6 Å². The van der Waals surface area contributed by atoms with Crippen molar-refractivity contribution >= 4 is 14.7 Å². The third kappa shape index (κ3) is 16.1. The summed E-state index contributed by atoms with van der Waals surface area (Å²) >= 11 is 0. The largest absolute Gasteiger partial charge is 1.00 e. The molecule has 6 nitrogen and oxygen atoms in total. The molecule has 8 heteroatoms. The maximum absolute atomic E-state index is 12.1. The second-order valence-electron chi connectivity index (χ2n) is 22.7. The minimum Gasteiger partial charge on any atom is -1.00 e. The summed E-state index contributed by atoms with van der Waals surface area (Å²) in [6.45, 7) is 8.66. The van der Waals surface area contributed by atoms with E-state index in [9.17, 15) is 9.90 Å². The number of likely N-dealkylation sites (tertiary alicyclic amines) is 3. The van der Waals surface area contributed by atoms with Gasteiger partial charge in [0.15, 0.2) is 0 Å². The molecule has 2 N–H and O–H groups in total. The Morgan fingerprint density at radius 1 is 0.369 bits per heavy atom. The number of aldehydes is 1. The van der Waals surface area contributed by atoms with Crippen molar-refractivity contribution in [3.63, 3.8) is 0 Å². The fraction of sp³-hybridized carbons (Fsp3) is 0.276. The van der Waals surface area contributed by atoms with Crippen LogP contribution in [0.3, 0.4) is 0 Å². The minimum absolute atomic E-state index is 0. The number of hydrogen-bond donors (Lipinski definition) is 2. The van der Waals surface area contributed by atoms with Gasteiger partial charge in [-0.25, -0.2) is 0 Å². The van der Waals surface area contributed by atoms with Crippen LogP contribution in [0.1, 0.15) is 115 Å². The second-order valence-corrected chi connectivity index (χ2v) is 22.7. The first-order chi connectivity index (χ1) is 40.4. The normalized spacial score (nSPS) is 16.4. The number of hydrogen-bond acceptors (Lipinski definition) is 6. The first kappa shape index (κ1) is 65.1. The smallest absolute Gasteiger partial charge is 1.00 e. The van der Waals surface area contributed by atoms with Gasteiger partial charge in [-0.05, 0) is 107 Å². The van der Waals surface area contributed by atoms with E-state index in [1.807, 2.05) is 24.3 Å². The fourth-order valence-corrected chi connectivity index (χ4v) is 13.0. The number of rotatable bonds is 14. The Hall–Kier alpha value is -6.49. The van der Waals surface area contributed by atoms with Crippen molar-refractivity contribution in [1.82, 2.24) is 14.7 Å². The molecule has 425 valence electrons. The maximum atomic E-state index is 12.1. The number of carbonyl (C=O) groups is 1. The van der Waals surface area contributed by atoms with Gasteiger partial charge in [-0.3, -0.25) is 14.7 Å². The number of aliphatic hydroxyl groups is 2. The van der Waals surface area contributed by atoms with Crippen molar-refractivity contribution in [3.8, 4) is 0 Å². The Kier molecular flexibility index (Phi) is 25.3. The van der Waals surface area contributed by atoms with Gasteiger partial charge in [0.25, 0.3) is 0 Å². The van der Waals surface area contributed by atoms with Gasteiger partial charge < -0.3 is 16.4 Å². The van der Waals surface area contributed by atoms with Gasteiger partial charge in [0, 0.05) is 47.1 Å². The number of benzene rings is 9. The topological polar surface area (TPSA) is 67.2 Å². The summed E-state index contributed by atoms with van der Waals surface area (Å²) in [4.78, 5) is 19.8. The van der Waals surface area contributed by atoms with E-state index in [4.69, 9.17) is 5.11 Å². The summed E-state index contributed by atoms with van der Waals surface area (Å²) in [6, 6.07) is 97.5. The molecule has 12 rings (SSSR count). The quantitative estimate of drug-likeness (QED) is 0.0835. The summed E-state index contributed by atoms with van der Waals surface area (Å²) in [6.07, 6.45) is 7.25. The van der Waals surface area contributed by atoms with Crippen LogP contribution in [0.2, 0.25) is 0 Å². The van der Waals surface area contributed by atoms with Crippen molar-refractivity contribution < 1.29 is 46.0 Å². The van der Waals surface area contributed by atoms with Crippen LogP contribution in [0.15, 0.2) is 273 Å². The van der Waals surface area contributed by atoms with Gasteiger partial charge in [-0.1, -0.05) is 280 Å². The van der Waals surface area contributed by atoms with Crippen molar-refractivity contribution in [3.05, 3.63) is 323 Å². The molecule has 3 saturated heterocycles.